The predicted octanol–water partition coefficient (Wildman–Crippen LogP) is 7.57. The Morgan fingerprint density at radius 3 is 1.49 bits per heavy atom. The van der Waals surface area contributed by atoms with Gasteiger partial charge in [-0.3, -0.25) is 0 Å². The van der Waals surface area contributed by atoms with E-state index in [2.05, 4.69) is 63.1 Å². The summed E-state index contributed by atoms with van der Waals surface area (Å²) >= 11 is 0. The van der Waals surface area contributed by atoms with Crippen LogP contribution in [0.2, 0.25) is 18.1 Å². The molecule has 4 rings (SSSR count). The van der Waals surface area contributed by atoms with Gasteiger partial charge in [-0.2, -0.15) is 0 Å². The normalized spacial score (nSPS) is 21.0. The van der Waals surface area contributed by atoms with Crippen LogP contribution in [0, 0.1) is 5.92 Å². The van der Waals surface area contributed by atoms with Crippen LogP contribution in [-0.4, -0.2) is 32.3 Å². The fourth-order valence-electron chi connectivity index (χ4n) is 6.03. The van der Waals surface area contributed by atoms with Gasteiger partial charge in [-0.1, -0.05) is 130 Å². The van der Waals surface area contributed by atoms with Crippen molar-refractivity contribution in [2.75, 3.05) is 0 Å². The van der Waals surface area contributed by atoms with Crippen molar-refractivity contribution >= 4 is 14.0 Å². The van der Waals surface area contributed by atoms with Crippen LogP contribution in [0.25, 0.3) is 0 Å². The highest BCUT2D eigenvalue weighted by Gasteiger charge is 2.51. The highest BCUT2D eigenvalue weighted by atomic mass is 28.3. The van der Waals surface area contributed by atoms with Crippen LogP contribution in [0.5, 0.6) is 0 Å². The molecule has 0 bridgehead atoms. The molecule has 206 valence electrons. The van der Waals surface area contributed by atoms with Gasteiger partial charge in [0.1, 0.15) is 12.0 Å². The quantitative estimate of drug-likeness (QED) is 0.156. The van der Waals surface area contributed by atoms with Gasteiger partial charge >= 0.3 is 0 Å². The molecule has 0 unspecified atom stereocenters. The van der Waals surface area contributed by atoms with Crippen molar-refractivity contribution in [2.24, 2.45) is 5.92 Å². The monoisotopic (exact) mass is 542 g/mol. The van der Waals surface area contributed by atoms with E-state index in [1.165, 1.54) is 0 Å². The SMILES string of the molecule is CC[Si](CC)(CC)C(=C=O)[C@@H]1C[C@H](OCc2ccccc2)[C@@H](OCc2ccccc2)[C@H]1OCc1ccccc1. The van der Waals surface area contributed by atoms with Crippen LogP contribution in [0.4, 0.5) is 0 Å². The van der Waals surface area contributed by atoms with Crippen molar-refractivity contribution < 1.29 is 19.0 Å². The van der Waals surface area contributed by atoms with Gasteiger partial charge in [-0.25, -0.2) is 4.79 Å². The molecule has 0 radical (unpaired) electrons. The summed E-state index contributed by atoms with van der Waals surface area (Å²) in [4.78, 5) is 12.7. The summed E-state index contributed by atoms with van der Waals surface area (Å²) in [5.41, 5.74) is 3.33. The minimum atomic E-state index is -1.99. The van der Waals surface area contributed by atoms with Crippen molar-refractivity contribution in [3.8, 4) is 0 Å². The van der Waals surface area contributed by atoms with Crippen molar-refractivity contribution in [3.05, 3.63) is 113 Å². The van der Waals surface area contributed by atoms with Crippen LogP contribution >= 0.6 is 0 Å². The third-order valence-electron chi connectivity index (χ3n) is 8.53. The van der Waals surface area contributed by atoms with E-state index in [4.69, 9.17) is 14.2 Å². The van der Waals surface area contributed by atoms with Crippen LogP contribution in [0.3, 0.4) is 0 Å². The van der Waals surface area contributed by atoms with Gasteiger partial charge in [0.25, 0.3) is 0 Å². The van der Waals surface area contributed by atoms with Gasteiger partial charge in [-0.05, 0) is 23.1 Å². The molecule has 0 spiro atoms. The summed E-state index contributed by atoms with van der Waals surface area (Å²) in [6, 6.07) is 33.7. The molecule has 4 nitrogen and oxygen atoms in total. The van der Waals surface area contributed by atoms with E-state index < -0.39 is 8.07 Å². The Morgan fingerprint density at radius 2 is 1.08 bits per heavy atom. The number of carbonyl (C=O) groups excluding carboxylic acids is 1. The third-order valence-corrected chi connectivity index (χ3v) is 14.2. The van der Waals surface area contributed by atoms with Gasteiger partial charge in [-0.15, -0.1) is 0 Å². The Hall–Kier alpha value is -2.79. The van der Waals surface area contributed by atoms with E-state index in [1.807, 2.05) is 54.6 Å². The summed E-state index contributed by atoms with van der Waals surface area (Å²) in [5, 5.41) is 0.965. The van der Waals surface area contributed by atoms with Gasteiger partial charge in [0.15, 0.2) is 0 Å². The lowest BCUT2D eigenvalue weighted by molar-refractivity contribution is -0.125. The maximum atomic E-state index is 12.7. The molecule has 5 heteroatoms. The van der Waals surface area contributed by atoms with E-state index in [1.54, 1.807) is 0 Å². The van der Waals surface area contributed by atoms with Crippen LogP contribution in [0.1, 0.15) is 43.9 Å². The molecule has 0 heterocycles. The van der Waals surface area contributed by atoms with Crippen LogP contribution in [-0.2, 0) is 38.8 Å². The first-order valence-electron chi connectivity index (χ1n) is 14.4. The Bertz CT molecular complexity index is 1170. The van der Waals surface area contributed by atoms with Gasteiger partial charge in [0, 0.05) is 11.1 Å². The maximum Gasteiger partial charge on any atom is 0.119 e. The van der Waals surface area contributed by atoms with E-state index in [9.17, 15) is 4.79 Å². The molecule has 0 saturated heterocycles. The van der Waals surface area contributed by atoms with E-state index in [0.29, 0.717) is 26.2 Å². The number of benzene rings is 3. The summed E-state index contributed by atoms with van der Waals surface area (Å²) in [7, 11) is -1.99. The lowest BCUT2D eigenvalue weighted by atomic mass is 10.0. The second-order valence-corrected chi connectivity index (χ2v) is 15.8. The number of rotatable bonds is 14. The highest BCUT2D eigenvalue weighted by molar-refractivity contribution is 6.87. The molecule has 4 atom stereocenters. The molecular formula is C34H42O4Si. The highest BCUT2D eigenvalue weighted by Crippen LogP contribution is 2.44. The zero-order chi connectivity index (χ0) is 27.5. The second kappa shape index (κ2) is 14.6. The van der Waals surface area contributed by atoms with E-state index in [-0.39, 0.29) is 24.2 Å². The summed E-state index contributed by atoms with van der Waals surface area (Å²) < 4.78 is 19.9. The summed E-state index contributed by atoms with van der Waals surface area (Å²) in [6.45, 7) is 8.12. The van der Waals surface area contributed by atoms with Gasteiger partial charge < -0.3 is 14.2 Å². The van der Waals surface area contributed by atoms with Crippen molar-refractivity contribution in [1.29, 1.82) is 0 Å². The average Bonchev–Trinajstić information content (AvgIpc) is 3.34. The fraction of sp³-hybridized carbons (Fsp3) is 0.412. The fourth-order valence-corrected chi connectivity index (χ4v) is 9.95. The Labute approximate surface area is 235 Å². The summed E-state index contributed by atoms with van der Waals surface area (Å²) in [6.07, 6.45) is -0.0864. The second-order valence-electron chi connectivity index (χ2n) is 10.6. The zero-order valence-corrected chi connectivity index (χ0v) is 24.6. The first-order valence-corrected chi connectivity index (χ1v) is 17.0. The molecule has 1 aliphatic rings. The van der Waals surface area contributed by atoms with E-state index >= 15 is 0 Å². The topological polar surface area (TPSA) is 44.8 Å². The van der Waals surface area contributed by atoms with Crippen molar-refractivity contribution in [2.45, 2.75) is 83.5 Å². The Morgan fingerprint density at radius 1 is 0.667 bits per heavy atom. The molecule has 3 aromatic rings. The molecule has 0 aliphatic heterocycles. The number of hydrogen-bond donors (Lipinski definition) is 0. The lowest BCUT2D eigenvalue weighted by Crippen LogP contribution is -2.43. The van der Waals surface area contributed by atoms with Crippen LogP contribution < -0.4 is 0 Å². The minimum Gasteiger partial charge on any atom is -0.371 e. The van der Waals surface area contributed by atoms with E-state index in [0.717, 1.165) is 40.0 Å². The number of ether oxygens (including phenoxy) is 3. The lowest BCUT2D eigenvalue weighted by Gasteiger charge is -2.35. The van der Waals surface area contributed by atoms with Gasteiger partial charge in [0.05, 0.1) is 40.1 Å². The standard InChI is InChI=1S/C34H42O4Si/c1-4-39(5-2,6-3)32(23-35)30-22-31(36-24-27-16-10-7-11-17-27)34(38-26-29-20-14-9-15-21-29)33(30)37-25-28-18-12-8-13-19-28/h7-21,30-31,33-34H,4-6,22,24-26H2,1-3H3/t30-,31-,33-,34+/m0/s1. The predicted molar refractivity (Wildman–Crippen MR) is 160 cm³/mol. The molecule has 0 aromatic heterocycles. The number of hydrogen-bond acceptors (Lipinski definition) is 4. The largest absolute Gasteiger partial charge is 0.371 e. The molecule has 1 fully saturated rings. The zero-order valence-electron chi connectivity index (χ0n) is 23.6. The van der Waals surface area contributed by atoms with Crippen molar-refractivity contribution in [1.82, 2.24) is 0 Å². The maximum absolute atomic E-state index is 12.7. The van der Waals surface area contributed by atoms with Crippen LogP contribution in [0.15, 0.2) is 96.2 Å². The molecule has 3 aromatic carbocycles. The first kappa shape index (κ1) is 29.2. The Kier molecular flexibility index (Phi) is 10.9. The van der Waals surface area contributed by atoms with Gasteiger partial charge in [0.2, 0.25) is 0 Å². The molecule has 0 N–H and O–H groups in total. The smallest absolute Gasteiger partial charge is 0.119 e. The molecule has 1 aliphatic carbocycles. The molecular weight excluding hydrogens is 500 g/mol. The minimum absolute atomic E-state index is 0.0701. The Balaban J connectivity index is 1.66. The summed E-state index contributed by atoms with van der Waals surface area (Å²) in [5.74, 6) is 2.42. The third kappa shape index (κ3) is 7.24. The molecule has 39 heavy (non-hydrogen) atoms. The average molecular weight is 543 g/mol. The molecule has 1 saturated carbocycles. The van der Waals surface area contributed by atoms with Crippen molar-refractivity contribution in [3.63, 3.8) is 0 Å². The molecule has 0 amide bonds. The first-order chi connectivity index (χ1) is 19.1.